The normalized spacial score (nSPS) is 11.5. The molecule has 0 bridgehead atoms. The average molecular weight is 295 g/mol. The van der Waals surface area contributed by atoms with Crippen molar-refractivity contribution in [2.24, 2.45) is 5.73 Å². The molecule has 1 aromatic carbocycles. The minimum atomic E-state index is -1.18. The average Bonchev–Trinajstić information content (AvgIpc) is 2.49. The van der Waals surface area contributed by atoms with Gasteiger partial charge in [-0.3, -0.25) is 14.4 Å². The lowest BCUT2D eigenvalue weighted by molar-refractivity contribution is -0.124. The molecule has 8 heteroatoms. The standard InChI is InChI=1S/C13H17N3O5/c14-12(20)10(6-17)16-13(21)9-4-2-1-3-8(9)5-15-11(19)7-18/h1-4,10,17-18H,5-7H2,(H2,14,20)(H,15,19)(H,16,21)/t10-/m0/s1. The van der Waals surface area contributed by atoms with E-state index in [1.165, 1.54) is 6.07 Å². The van der Waals surface area contributed by atoms with Crippen molar-refractivity contribution in [1.82, 2.24) is 10.6 Å². The number of hydrogen-bond acceptors (Lipinski definition) is 5. The first kappa shape index (κ1) is 16.6. The predicted molar refractivity (Wildman–Crippen MR) is 72.9 cm³/mol. The van der Waals surface area contributed by atoms with E-state index in [0.29, 0.717) is 5.56 Å². The lowest BCUT2D eigenvalue weighted by Crippen LogP contribution is -2.47. The number of rotatable bonds is 7. The highest BCUT2D eigenvalue weighted by molar-refractivity contribution is 5.98. The number of nitrogens with two attached hydrogens (primary N) is 1. The molecule has 0 spiro atoms. The van der Waals surface area contributed by atoms with Crippen molar-refractivity contribution in [1.29, 1.82) is 0 Å². The molecule has 3 amide bonds. The van der Waals surface area contributed by atoms with Gasteiger partial charge < -0.3 is 26.6 Å². The fourth-order valence-electron chi connectivity index (χ4n) is 1.59. The van der Waals surface area contributed by atoms with E-state index in [1.54, 1.807) is 18.2 Å². The van der Waals surface area contributed by atoms with Gasteiger partial charge >= 0.3 is 0 Å². The molecule has 1 rings (SSSR count). The molecule has 0 fully saturated rings. The van der Waals surface area contributed by atoms with Crippen LogP contribution in [-0.2, 0) is 16.1 Å². The number of aliphatic hydroxyl groups is 2. The van der Waals surface area contributed by atoms with Crippen LogP contribution in [-0.4, -0.2) is 47.2 Å². The summed E-state index contributed by atoms with van der Waals surface area (Å²) >= 11 is 0. The Morgan fingerprint density at radius 3 is 2.43 bits per heavy atom. The van der Waals surface area contributed by atoms with Crippen LogP contribution in [0.2, 0.25) is 0 Å². The number of benzene rings is 1. The van der Waals surface area contributed by atoms with E-state index in [-0.39, 0.29) is 12.1 Å². The van der Waals surface area contributed by atoms with Gasteiger partial charge in [0, 0.05) is 12.1 Å². The molecule has 114 valence electrons. The Labute approximate surface area is 120 Å². The van der Waals surface area contributed by atoms with Crippen LogP contribution in [0, 0.1) is 0 Å². The summed E-state index contributed by atoms with van der Waals surface area (Å²) in [5.41, 5.74) is 5.76. The van der Waals surface area contributed by atoms with Crippen molar-refractivity contribution < 1.29 is 24.6 Å². The zero-order chi connectivity index (χ0) is 15.8. The molecular weight excluding hydrogens is 278 g/mol. The van der Waals surface area contributed by atoms with Crippen molar-refractivity contribution in [2.45, 2.75) is 12.6 Å². The Morgan fingerprint density at radius 2 is 1.86 bits per heavy atom. The van der Waals surface area contributed by atoms with E-state index in [1.807, 2.05) is 0 Å². The first-order valence-electron chi connectivity index (χ1n) is 6.16. The van der Waals surface area contributed by atoms with Gasteiger partial charge in [0.15, 0.2) is 0 Å². The summed E-state index contributed by atoms with van der Waals surface area (Å²) in [5, 5.41) is 22.3. The first-order chi connectivity index (χ1) is 9.99. The molecule has 0 saturated heterocycles. The molecule has 1 aromatic rings. The van der Waals surface area contributed by atoms with Crippen LogP contribution in [0.4, 0.5) is 0 Å². The zero-order valence-corrected chi connectivity index (χ0v) is 11.2. The number of primary amides is 1. The van der Waals surface area contributed by atoms with E-state index in [4.69, 9.17) is 15.9 Å². The summed E-state index contributed by atoms with van der Waals surface area (Å²) in [6, 6.07) is 5.23. The smallest absolute Gasteiger partial charge is 0.252 e. The van der Waals surface area contributed by atoms with Gasteiger partial charge in [0.05, 0.1) is 6.61 Å². The maximum absolute atomic E-state index is 12.1. The molecule has 0 heterocycles. The van der Waals surface area contributed by atoms with Gasteiger partial charge in [-0.05, 0) is 11.6 Å². The topological polar surface area (TPSA) is 142 Å². The highest BCUT2D eigenvalue weighted by atomic mass is 16.3. The Kier molecular flexibility index (Phi) is 6.31. The van der Waals surface area contributed by atoms with Gasteiger partial charge in [0.25, 0.3) is 5.91 Å². The summed E-state index contributed by atoms with van der Waals surface area (Å²) in [6.45, 7) is -1.21. The third kappa shape index (κ3) is 4.86. The van der Waals surface area contributed by atoms with Gasteiger partial charge in [-0.2, -0.15) is 0 Å². The molecule has 21 heavy (non-hydrogen) atoms. The molecule has 0 saturated carbocycles. The van der Waals surface area contributed by atoms with Crippen LogP contribution in [0.3, 0.4) is 0 Å². The molecule has 0 unspecified atom stereocenters. The van der Waals surface area contributed by atoms with E-state index in [9.17, 15) is 14.4 Å². The summed E-state index contributed by atoms with van der Waals surface area (Å²) in [4.78, 5) is 34.1. The number of carbonyl (C=O) groups excluding carboxylic acids is 3. The third-order valence-electron chi connectivity index (χ3n) is 2.71. The fraction of sp³-hybridized carbons (Fsp3) is 0.308. The van der Waals surface area contributed by atoms with E-state index < -0.39 is 37.0 Å². The molecule has 6 N–H and O–H groups in total. The van der Waals surface area contributed by atoms with Crippen molar-refractivity contribution in [3.63, 3.8) is 0 Å². The number of nitrogens with one attached hydrogen (secondary N) is 2. The first-order valence-corrected chi connectivity index (χ1v) is 6.16. The van der Waals surface area contributed by atoms with Crippen molar-refractivity contribution in [3.8, 4) is 0 Å². The summed E-state index contributed by atoms with van der Waals surface area (Å²) < 4.78 is 0. The van der Waals surface area contributed by atoms with Crippen LogP contribution in [0.1, 0.15) is 15.9 Å². The summed E-state index contributed by atoms with van der Waals surface area (Å²) in [5.74, 6) is -2.02. The SMILES string of the molecule is NC(=O)[C@H](CO)NC(=O)c1ccccc1CNC(=O)CO. The van der Waals surface area contributed by atoms with E-state index in [2.05, 4.69) is 10.6 Å². The lowest BCUT2D eigenvalue weighted by atomic mass is 10.1. The van der Waals surface area contributed by atoms with E-state index in [0.717, 1.165) is 0 Å². The number of amides is 3. The van der Waals surface area contributed by atoms with Gasteiger partial charge in [-0.1, -0.05) is 18.2 Å². The molecule has 0 radical (unpaired) electrons. The zero-order valence-electron chi connectivity index (χ0n) is 11.2. The maximum atomic E-state index is 12.1. The summed E-state index contributed by atoms with van der Waals surface area (Å²) in [6.07, 6.45) is 0. The minimum Gasteiger partial charge on any atom is -0.394 e. The van der Waals surface area contributed by atoms with Crippen molar-refractivity contribution >= 4 is 17.7 Å². The lowest BCUT2D eigenvalue weighted by Gasteiger charge is -2.15. The highest BCUT2D eigenvalue weighted by Crippen LogP contribution is 2.09. The van der Waals surface area contributed by atoms with Gasteiger partial charge in [0.2, 0.25) is 11.8 Å². The molecule has 8 nitrogen and oxygen atoms in total. The second kappa shape index (κ2) is 7.98. The highest BCUT2D eigenvalue weighted by Gasteiger charge is 2.19. The summed E-state index contributed by atoms with van der Waals surface area (Å²) in [7, 11) is 0. The van der Waals surface area contributed by atoms with Crippen LogP contribution in [0.25, 0.3) is 0 Å². The molecule has 0 aliphatic carbocycles. The van der Waals surface area contributed by atoms with Crippen LogP contribution >= 0.6 is 0 Å². The number of carbonyl (C=O) groups is 3. The Balaban J connectivity index is 2.84. The second-order valence-corrected chi connectivity index (χ2v) is 4.20. The predicted octanol–water partition coefficient (Wildman–Crippen LogP) is -2.13. The van der Waals surface area contributed by atoms with Crippen LogP contribution in [0.5, 0.6) is 0 Å². The van der Waals surface area contributed by atoms with Crippen molar-refractivity contribution in [3.05, 3.63) is 35.4 Å². The van der Waals surface area contributed by atoms with Gasteiger partial charge in [-0.15, -0.1) is 0 Å². The Morgan fingerprint density at radius 1 is 1.19 bits per heavy atom. The molecule has 0 aliphatic heterocycles. The van der Waals surface area contributed by atoms with Gasteiger partial charge in [0.1, 0.15) is 12.6 Å². The third-order valence-corrected chi connectivity index (χ3v) is 2.71. The Bertz CT molecular complexity index is 532. The van der Waals surface area contributed by atoms with Crippen LogP contribution in [0.15, 0.2) is 24.3 Å². The molecular formula is C13H17N3O5. The van der Waals surface area contributed by atoms with E-state index >= 15 is 0 Å². The molecule has 1 atom stereocenters. The number of hydrogen-bond donors (Lipinski definition) is 5. The van der Waals surface area contributed by atoms with Crippen molar-refractivity contribution in [2.75, 3.05) is 13.2 Å². The molecule has 0 aliphatic rings. The Hall–Kier alpha value is -2.45. The maximum Gasteiger partial charge on any atom is 0.252 e. The van der Waals surface area contributed by atoms with Gasteiger partial charge in [-0.25, -0.2) is 0 Å². The van der Waals surface area contributed by atoms with Crippen LogP contribution < -0.4 is 16.4 Å². The second-order valence-electron chi connectivity index (χ2n) is 4.20. The number of aliphatic hydroxyl groups excluding tert-OH is 2. The molecule has 0 aromatic heterocycles. The monoisotopic (exact) mass is 295 g/mol. The minimum absolute atomic E-state index is 0.0450. The largest absolute Gasteiger partial charge is 0.394 e. The quantitative estimate of drug-likeness (QED) is 0.390. The fourth-order valence-corrected chi connectivity index (χ4v) is 1.59.